The lowest BCUT2D eigenvalue weighted by Gasteiger charge is -2.33. The molecule has 0 radical (unpaired) electrons. The van der Waals surface area contributed by atoms with Gasteiger partial charge in [0.15, 0.2) is 0 Å². The molecule has 1 aromatic rings. The Labute approximate surface area is 95.8 Å². The van der Waals surface area contributed by atoms with Crippen molar-refractivity contribution in [2.24, 2.45) is 0 Å². The predicted octanol–water partition coefficient (Wildman–Crippen LogP) is 2.70. The second-order valence-corrected chi connectivity index (χ2v) is 6.07. The van der Waals surface area contributed by atoms with E-state index in [-0.39, 0.29) is 0 Å². The smallest absolute Gasteiger partial charge is 0.0935 e. The van der Waals surface area contributed by atoms with Crippen LogP contribution in [0.25, 0.3) is 0 Å². The molecule has 0 spiro atoms. The molecule has 1 aliphatic rings. The van der Waals surface area contributed by atoms with Gasteiger partial charge in [-0.15, -0.1) is 0 Å². The normalized spacial score (nSPS) is 28.1. The zero-order valence-electron chi connectivity index (χ0n) is 9.45. The van der Waals surface area contributed by atoms with Crippen molar-refractivity contribution in [1.29, 1.82) is 0 Å². The SMILES string of the molecule is CNC(Cc1ccoc1)C1(C)CCCS1. The third-order valence-corrected chi connectivity index (χ3v) is 5.00. The molecule has 1 saturated heterocycles. The molecule has 3 heteroatoms. The average Bonchev–Trinajstić information content (AvgIpc) is 2.85. The summed E-state index contributed by atoms with van der Waals surface area (Å²) >= 11 is 2.11. The van der Waals surface area contributed by atoms with E-state index in [1.807, 2.05) is 6.26 Å². The number of thioether (sulfide) groups is 1. The molecule has 2 nitrogen and oxygen atoms in total. The van der Waals surface area contributed by atoms with Crippen LogP contribution in [0.15, 0.2) is 23.0 Å². The van der Waals surface area contributed by atoms with E-state index < -0.39 is 0 Å². The van der Waals surface area contributed by atoms with Gasteiger partial charge >= 0.3 is 0 Å². The highest BCUT2D eigenvalue weighted by atomic mass is 32.2. The molecule has 0 aliphatic carbocycles. The summed E-state index contributed by atoms with van der Waals surface area (Å²) in [6.07, 6.45) is 7.35. The highest BCUT2D eigenvalue weighted by Gasteiger charge is 2.36. The molecule has 1 fully saturated rings. The lowest BCUT2D eigenvalue weighted by atomic mass is 9.92. The van der Waals surface area contributed by atoms with Gasteiger partial charge in [0.05, 0.1) is 12.5 Å². The van der Waals surface area contributed by atoms with Crippen LogP contribution in [-0.2, 0) is 6.42 Å². The van der Waals surface area contributed by atoms with Crippen LogP contribution in [0.2, 0.25) is 0 Å². The van der Waals surface area contributed by atoms with Gasteiger partial charge in [0.25, 0.3) is 0 Å². The van der Waals surface area contributed by atoms with E-state index in [0.29, 0.717) is 10.8 Å². The van der Waals surface area contributed by atoms with E-state index in [9.17, 15) is 0 Å². The van der Waals surface area contributed by atoms with Gasteiger partial charge in [0.1, 0.15) is 0 Å². The van der Waals surface area contributed by atoms with Crippen LogP contribution in [0.3, 0.4) is 0 Å². The van der Waals surface area contributed by atoms with Crippen molar-refractivity contribution in [1.82, 2.24) is 5.32 Å². The van der Waals surface area contributed by atoms with Crippen LogP contribution in [-0.4, -0.2) is 23.6 Å². The summed E-state index contributed by atoms with van der Waals surface area (Å²) in [5.74, 6) is 1.31. The van der Waals surface area contributed by atoms with Crippen LogP contribution in [0.4, 0.5) is 0 Å². The van der Waals surface area contributed by atoms with Crippen molar-refractivity contribution < 1.29 is 4.42 Å². The molecule has 0 bridgehead atoms. The number of rotatable bonds is 4. The molecule has 2 unspecified atom stereocenters. The third kappa shape index (κ3) is 2.40. The van der Waals surface area contributed by atoms with E-state index in [2.05, 4.69) is 37.1 Å². The zero-order valence-corrected chi connectivity index (χ0v) is 10.3. The van der Waals surface area contributed by atoms with E-state index in [1.54, 1.807) is 6.26 Å². The van der Waals surface area contributed by atoms with Gasteiger partial charge in [0.2, 0.25) is 0 Å². The maximum absolute atomic E-state index is 5.12. The molecular formula is C12H19NOS. The molecule has 0 amide bonds. The minimum absolute atomic E-state index is 0.395. The summed E-state index contributed by atoms with van der Waals surface area (Å²) in [4.78, 5) is 0. The average molecular weight is 225 g/mol. The Kier molecular flexibility index (Phi) is 3.42. The Morgan fingerprint density at radius 1 is 1.67 bits per heavy atom. The second kappa shape index (κ2) is 4.62. The number of likely N-dealkylation sites (N-methyl/N-ethyl adjacent to an activating group) is 1. The number of nitrogens with one attached hydrogen (secondary N) is 1. The standard InChI is InChI=1S/C12H19NOS/c1-12(5-3-7-15-12)11(13-2)8-10-4-6-14-9-10/h4,6,9,11,13H,3,5,7-8H2,1-2H3. The van der Waals surface area contributed by atoms with Crippen LogP contribution >= 0.6 is 11.8 Å². The summed E-state index contributed by atoms with van der Waals surface area (Å²) < 4.78 is 5.52. The Morgan fingerprint density at radius 3 is 3.07 bits per heavy atom. The number of hydrogen-bond acceptors (Lipinski definition) is 3. The van der Waals surface area contributed by atoms with Gasteiger partial charge in [-0.1, -0.05) is 0 Å². The zero-order chi connectivity index (χ0) is 10.7. The summed E-state index contributed by atoms with van der Waals surface area (Å²) in [5.41, 5.74) is 1.29. The van der Waals surface area contributed by atoms with E-state index in [1.165, 1.54) is 24.2 Å². The quantitative estimate of drug-likeness (QED) is 0.853. The first-order valence-corrected chi connectivity index (χ1v) is 6.55. The van der Waals surface area contributed by atoms with Crippen molar-refractivity contribution in [3.8, 4) is 0 Å². The Morgan fingerprint density at radius 2 is 2.53 bits per heavy atom. The van der Waals surface area contributed by atoms with Crippen LogP contribution in [0.5, 0.6) is 0 Å². The van der Waals surface area contributed by atoms with Gasteiger partial charge in [0, 0.05) is 10.8 Å². The molecule has 84 valence electrons. The van der Waals surface area contributed by atoms with E-state index in [4.69, 9.17) is 4.42 Å². The molecule has 1 N–H and O–H groups in total. The first-order valence-electron chi connectivity index (χ1n) is 5.57. The van der Waals surface area contributed by atoms with Crippen molar-refractivity contribution in [3.05, 3.63) is 24.2 Å². The molecule has 1 aromatic heterocycles. The monoisotopic (exact) mass is 225 g/mol. The first kappa shape index (κ1) is 11.1. The fourth-order valence-corrected chi connectivity index (χ4v) is 3.79. The molecule has 0 saturated carbocycles. The molecule has 15 heavy (non-hydrogen) atoms. The topological polar surface area (TPSA) is 25.2 Å². The number of hydrogen-bond donors (Lipinski definition) is 1. The highest BCUT2D eigenvalue weighted by molar-refractivity contribution is 8.00. The minimum atomic E-state index is 0.395. The van der Waals surface area contributed by atoms with Crippen LogP contribution in [0, 0.1) is 0 Å². The Bertz CT molecular complexity index is 291. The molecule has 2 heterocycles. The molecule has 0 aromatic carbocycles. The van der Waals surface area contributed by atoms with Gasteiger partial charge in [-0.25, -0.2) is 0 Å². The van der Waals surface area contributed by atoms with E-state index >= 15 is 0 Å². The molecular weight excluding hydrogens is 206 g/mol. The summed E-state index contributed by atoms with van der Waals surface area (Å²) in [6, 6.07) is 2.61. The van der Waals surface area contributed by atoms with Gasteiger partial charge in [-0.05, 0) is 50.6 Å². The van der Waals surface area contributed by atoms with Crippen LogP contribution in [0.1, 0.15) is 25.3 Å². The fraction of sp³-hybridized carbons (Fsp3) is 0.667. The minimum Gasteiger partial charge on any atom is -0.472 e. The summed E-state index contributed by atoms with van der Waals surface area (Å²) in [7, 11) is 2.06. The van der Waals surface area contributed by atoms with Crippen molar-refractivity contribution in [2.45, 2.75) is 37.0 Å². The highest BCUT2D eigenvalue weighted by Crippen LogP contribution is 2.41. The Balaban J connectivity index is 2.03. The predicted molar refractivity (Wildman–Crippen MR) is 65.4 cm³/mol. The third-order valence-electron chi connectivity index (χ3n) is 3.35. The van der Waals surface area contributed by atoms with Crippen molar-refractivity contribution in [3.63, 3.8) is 0 Å². The van der Waals surface area contributed by atoms with Gasteiger partial charge in [-0.3, -0.25) is 0 Å². The summed E-state index contributed by atoms with van der Waals surface area (Å²) in [5, 5.41) is 3.46. The lowest BCUT2D eigenvalue weighted by Crippen LogP contribution is -2.44. The molecule has 1 aliphatic heterocycles. The van der Waals surface area contributed by atoms with Crippen LogP contribution < -0.4 is 5.32 Å². The first-order chi connectivity index (χ1) is 7.24. The second-order valence-electron chi connectivity index (χ2n) is 4.44. The van der Waals surface area contributed by atoms with Crippen molar-refractivity contribution in [2.75, 3.05) is 12.8 Å². The van der Waals surface area contributed by atoms with E-state index in [0.717, 1.165) is 6.42 Å². The number of furan rings is 1. The lowest BCUT2D eigenvalue weighted by molar-refractivity contribution is 0.422. The fourth-order valence-electron chi connectivity index (χ4n) is 2.34. The molecule has 2 rings (SSSR count). The Hall–Kier alpha value is -0.410. The molecule has 2 atom stereocenters. The maximum atomic E-state index is 5.12. The maximum Gasteiger partial charge on any atom is 0.0935 e. The van der Waals surface area contributed by atoms with Gasteiger partial charge in [-0.2, -0.15) is 11.8 Å². The largest absolute Gasteiger partial charge is 0.472 e. The summed E-state index contributed by atoms with van der Waals surface area (Å²) in [6.45, 7) is 2.38. The van der Waals surface area contributed by atoms with Crippen molar-refractivity contribution >= 4 is 11.8 Å². The van der Waals surface area contributed by atoms with Gasteiger partial charge < -0.3 is 9.73 Å².